The first-order valence-corrected chi connectivity index (χ1v) is 7.77. The lowest BCUT2D eigenvalue weighted by Gasteiger charge is -2.13. The number of anilines is 2. The highest BCUT2D eigenvalue weighted by molar-refractivity contribution is 5.59. The third-order valence-corrected chi connectivity index (χ3v) is 3.93. The highest BCUT2D eigenvalue weighted by Gasteiger charge is 2.06. The minimum Gasteiger partial charge on any atom is -0.356 e. The molecule has 0 aliphatic heterocycles. The first-order valence-electron chi connectivity index (χ1n) is 7.77. The van der Waals surface area contributed by atoms with Crippen molar-refractivity contribution in [2.45, 2.75) is 19.3 Å². The van der Waals surface area contributed by atoms with Crippen molar-refractivity contribution in [1.29, 1.82) is 0 Å². The lowest BCUT2D eigenvalue weighted by Crippen LogP contribution is -1.98. The molecule has 0 saturated heterocycles. The second-order valence-electron chi connectivity index (χ2n) is 5.70. The normalized spacial score (nSPS) is 11.9. The predicted molar refractivity (Wildman–Crippen MR) is 94.7 cm³/mol. The Morgan fingerprint density at radius 2 is 1.23 bits per heavy atom. The molecule has 0 radical (unpaired) electrons. The standard InChI is InChI=1S/C21H21N/c1-17(16-18-8-4-2-5-9-18)19-12-14-21(15-13-19)22-20-10-6-3-7-11-20/h2-15,17,22H,16H2,1H3. The maximum absolute atomic E-state index is 3.42. The molecule has 3 aromatic rings. The van der Waals surface area contributed by atoms with Crippen LogP contribution in [0, 0.1) is 0 Å². The van der Waals surface area contributed by atoms with Gasteiger partial charge in [0.15, 0.2) is 0 Å². The van der Waals surface area contributed by atoms with E-state index in [9.17, 15) is 0 Å². The van der Waals surface area contributed by atoms with Crippen molar-refractivity contribution in [1.82, 2.24) is 0 Å². The molecule has 1 heteroatoms. The molecule has 0 fully saturated rings. The van der Waals surface area contributed by atoms with E-state index in [-0.39, 0.29) is 0 Å². The van der Waals surface area contributed by atoms with E-state index in [1.165, 1.54) is 11.1 Å². The second kappa shape index (κ2) is 6.95. The summed E-state index contributed by atoms with van der Waals surface area (Å²) in [5.41, 5.74) is 5.01. The van der Waals surface area contributed by atoms with Gasteiger partial charge in [0.2, 0.25) is 0 Å². The van der Waals surface area contributed by atoms with Gasteiger partial charge in [-0.25, -0.2) is 0 Å². The van der Waals surface area contributed by atoms with Crippen LogP contribution in [0.1, 0.15) is 24.0 Å². The highest BCUT2D eigenvalue weighted by Crippen LogP contribution is 2.23. The van der Waals surface area contributed by atoms with Gasteiger partial charge >= 0.3 is 0 Å². The van der Waals surface area contributed by atoms with Gasteiger partial charge in [-0.2, -0.15) is 0 Å². The minimum absolute atomic E-state index is 0.521. The van der Waals surface area contributed by atoms with Gasteiger partial charge in [0.1, 0.15) is 0 Å². The van der Waals surface area contributed by atoms with Crippen molar-refractivity contribution in [2.75, 3.05) is 5.32 Å². The number of hydrogen-bond acceptors (Lipinski definition) is 1. The van der Waals surface area contributed by atoms with Gasteiger partial charge in [0.05, 0.1) is 0 Å². The van der Waals surface area contributed by atoms with Crippen LogP contribution in [0.4, 0.5) is 11.4 Å². The quantitative estimate of drug-likeness (QED) is 0.627. The van der Waals surface area contributed by atoms with Crippen LogP contribution in [-0.2, 0) is 6.42 Å². The van der Waals surface area contributed by atoms with E-state index in [0.29, 0.717) is 5.92 Å². The zero-order valence-corrected chi connectivity index (χ0v) is 12.9. The molecular weight excluding hydrogens is 266 g/mol. The number of hydrogen-bond donors (Lipinski definition) is 1. The van der Waals surface area contributed by atoms with E-state index in [1.807, 2.05) is 18.2 Å². The van der Waals surface area contributed by atoms with E-state index >= 15 is 0 Å². The van der Waals surface area contributed by atoms with Crippen molar-refractivity contribution in [3.8, 4) is 0 Å². The summed E-state index contributed by atoms with van der Waals surface area (Å²) < 4.78 is 0. The molecule has 1 nitrogen and oxygen atoms in total. The van der Waals surface area contributed by atoms with Crippen LogP contribution < -0.4 is 5.32 Å². The molecule has 1 atom stereocenters. The van der Waals surface area contributed by atoms with Gasteiger partial charge in [-0.3, -0.25) is 0 Å². The lowest BCUT2D eigenvalue weighted by atomic mass is 9.94. The van der Waals surface area contributed by atoms with Crippen LogP contribution in [-0.4, -0.2) is 0 Å². The molecule has 0 aliphatic rings. The first kappa shape index (κ1) is 14.4. The Labute approximate surface area is 132 Å². The Morgan fingerprint density at radius 3 is 1.86 bits per heavy atom. The Balaban J connectivity index is 1.66. The second-order valence-corrected chi connectivity index (χ2v) is 5.70. The summed E-state index contributed by atoms with van der Waals surface area (Å²) in [6.07, 6.45) is 1.08. The van der Waals surface area contributed by atoms with Gasteiger partial charge in [-0.05, 0) is 47.7 Å². The Hall–Kier alpha value is -2.54. The average molecular weight is 287 g/mol. The van der Waals surface area contributed by atoms with Crippen molar-refractivity contribution < 1.29 is 0 Å². The molecule has 0 saturated carbocycles. The number of nitrogens with one attached hydrogen (secondary N) is 1. The third-order valence-electron chi connectivity index (χ3n) is 3.93. The van der Waals surface area contributed by atoms with Crippen LogP contribution in [0.3, 0.4) is 0 Å². The zero-order chi connectivity index (χ0) is 15.2. The molecule has 0 aliphatic carbocycles. The fourth-order valence-corrected chi connectivity index (χ4v) is 2.67. The van der Waals surface area contributed by atoms with Gasteiger partial charge in [0.25, 0.3) is 0 Å². The summed E-state index contributed by atoms with van der Waals surface area (Å²) in [4.78, 5) is 0. The molecule has 0 spiro atoms. The molecule has 1 N–H and O–H groups in total. The topological polar surface area (TPSA) is 12.0 Å². The van der Waals surface area contributed by atoms with Crippen molar-refractivity contribution in [3.05, 3.63) is 96.1 Å². The molecule has 3 rings (SSSR count). The number of para-hydroxylation sites is 1. The van der Waals surface area contributed by atoms with Crippen LogP contribution >= 0.6 is 0 Å². The zero-order valence-electron chi connectivity index (χ0n) is 12.9. The number of rotatable bonds is 5. The van der Waals surface area contributed by atoms with E-state index < -0.39 is 0 Å². The largest absolute Gasteiger partial charge is 0.356 e. The molecule has 22 heavy (non-hydrogen) atoms. The summed E-state index contributed by atoms with van der Waals surface area (Å²) in [6.45, 7) is 2.28. The Bertz CT molecular complexity index is 687. The van der Waals surface area contributed by atoms with Crippen LogP contribution in [0.2, 0.25) is 0 Å². The van der Waals surface area contributed by atoms with Crippen LogP contribution in [0.25, 0.3) is 0 Å². The van der Waals surface area contributed by atoms with E-state index in [1.54, 1.807) is 0 Å². The highest BCUT2D eigenvalue weighted by atomic mass is 14.9. The monoisotopic (exact) mass is 287 g/mol. The van der Waals surface area contributed by atoms with Crippen molar-refractivity contribution in [2.24, 2.45) is 0 Å². The molecule has 0 aromatic heterocycles. The smallest absolute Gasteiger partial charge is 0.0384 e. The summed E-state index contributed by atoms with van der Waals surface area (Å²) in [5, 5.41) is 3.42. The Kier molecular flexibility index (Phi) is 4.55. The van der Waals surface area contributed by atoms with Gasteiger partial charge in [-0.15, -0.1) is 0 Å². The average Bonchev–Trinajstić information content (AvgIpc) is 2.57. The maximum Gasteiger partial charge on any atom is 0.0384 e. The maximum atomic E-state index is 3.42. The fourth-order valence-electron chi connectivity index (χ4n) is 2.67. The molecule has 0 heterocycles. The van der Waals surface area contributed by atoms with E-state index in [0.717, 1.165) is 17.8 Å². The summed E-state index contributed by atoms with van der Waals surface area (Å²) in [6, 6.07) is 29.7. The summed E-state index contributed by atoms with van der Waals surface area (Å²) in [7, 11) is 0. The predicted octanol–water partition coefficient (Wildman–Crippen LogP) is 5.78. The number of benzene rings is 3. The van der Waals surface area contributed by atoms with Crippen LogP contribution in [0.5, 0.6) is 0 Å². The van der Waals surface area contributed by atoms with Gasteiger partial charge < -0.3 is 5.32 Å². The molecule has 3 aromatic carbocycles. The molecule has 110 valence electrons. The molecular formula is C21H21N. The van der Waals surface area contributed by atoms with Crippen molar-refractivity contribution in [3.63, 3.8) is 0 Å². The van der Waals surface area contributed by atoms with E-state index in [4.69, 9.17) is 0 Å². The summed E-state index contributed by atoms with van der Waals surface area (Å²) in [5.74, 6) is 0.521. The molecule has 0 amide bonds. The SMILES string of the molecule is CC(Cc1ccccc1)c1ccc(Nc2ccccc2)cc1. The minimum atomic E-state index is 0.521. The third kappa shape index (κ3) is 3.76. The van der Waals surface area contributed by atoms with Crippen LogP contribution in [0.15, 0.2) is 84.9 Å². The fraction of sp³-hybridized carbons (Fsp3) is 0.143. The first-order chi connectivity index (χ1) is 10.8. The Morgan fingerprint density at radius 1 is 0.682 bits per heavy atom. The van der Waals surface area contributed by atoms with Crippen molar-refractivity contribution >= 4 is 11.4 Å². The molecule has 1 unspecified atom stereocenters. The summed E-state index contributed by atoms with van der Waals surface area (Å²) >= 11 is 0. The van der Waals surface area contributed by atoms with Gasteiger partial charge in [-0.1, -0.05) is 67.6 Å². The lowest BCUT2D eigenvalue weighted by molar-refractivity contribution is 0.759. The molecule has 0 bridgehead atoms. The van der Waals surface area contributed by atoms with E-state index in [2.05, 4.69) is 79.0 Å². The van der Waals surface area contributed by atoms with Gasteiger partial charge in [0, 0.05) is 11.4 Å².